The summed E-state index contributed by atoms with van der Waals surface area (Å²) >= 11 is 1.08. The number of rotatable bonds is 5. The van der Waals surface area contributed by atoms with Crippen LogP contribution in [0.2, 0.25) is 0 Å². The van der Waals surface area contributed by atoms with Crippen molar-refractivity contribution in [3.8, 4) is 0 Å². The lowest BCUT2D eigenvalue weighted by atomic mass is 10.2. The molecule has 0 fully saturated rings. The minimum absolute atomic E-state index is 0.171. The van der Waals surface area contributed by atoms with Crippen molar-refractivity contribution in [3.05, 3.63) is 52.6 Å². The Labute approximate surface area is 120 Å². The molecule has 2 aromatic rings. The zero-order valence-electron chi connectivity index (χ0n) is 10.9. The Morgan fingerprint density at radius 1 is 1.40 bits per heavy atom. The summed E-state index contributed by atoms with van der Waals surface area (Å²) in [4.78, 5) is 27.9. The Morgan fingerprint density at radius 3 is 2.85 bits per heavy atom. The van der Waals surface area contributed by atoms with Crippen molar-refractivity contribution >= 4 is 17.7 Å². The Kier molecular flexibility index (Phi) is 4.57. The number of carboxylic acid groups (broad SMARTS) is 1. The fourth-order valence-electron chi connectivity index (χ4n) is 1.75. The van der Waals surface area contributed by atoms with Crippen LogP contribution in [0, 0.1) is 0 Å². The molecule has 0 saturated heterocycles. The summed E-state index contributed by atoms with van der Waals surface area (Å²) in [6.45, 7) is 2.61. The van der Waals surface area contributed by atoms with Crippen LogP contribution in [0.5, 0.6) is 0 Å². The van der Waals surface area contributed by atoms with Gasteiger partial charge in [0.05, 0.1) is 5.56 Å². The van der Waals surface area contributed by atoms with Gasteiger partial charge in [0, 0.05) is 23.8 Å². The molecule has 0 aliphatic rings. The topological polar surface area (TPSA) is 72.2 Å². The lowest BCUT2D eigenvalue weighted by Gasteiger charge is -2.07. The number of carboxylic acids is 1. The van der Waals surface area contributed by atoms with Crippen LogP contribution >= 0.6 is 11.8 Å². The predicted octanol–water partition coefficient (Wildman–Crippen LogP) is 2.50. The summed E-state index contributed by atoms with van der Waals surface area (Å²) < 4.78 is 1.58. The zero-order valence-corrected chi connectivity index (χ0v) is 11.8. The van der Waals surface area contributed by atoms with Crippen LogP contribution in [0.25, 0.3) is 0 Å². The molecule has 0 bridgehead atoms. The SMILES string of the molecule is CCCn1ccnc(Sc2ccccc2C(=O)O)c1=O. The third kappa shape index (κ3) is 3.08. The molecular formula is C14H14N2O3S. The quantitative estimate of drug-likeness (QED) is 0.916. The van der Waals surface area contributed by atoms with Crippen LogP contribution in [0.1, 0.15) is 23.7 Å². The third-order valence-corrected chi connectivity index (χ3v) is 3.72. The maximum absolute atomic E-state index is 12.2. The second kappa shape index (κ2) is 6.38. The van der Waals surface area contributed by atoms with Gasteiger partial charge in [0.15, 0.2) is 5.03 Å². The van der Waals surface area contributed by atoms with Gasteiger partial charge in [-0.3, -0.25) is 4.79 Å². The number of hydrogen-bond donors (Lipinski definition) is 1. The molecule has 0 amide bonds. The molecule has 0 spiro atoms. The molecule has 0 aliphatic heterocycles. The van der Waals surface area contributed by atoms with Crippen LogP contribution in [0.15, 0.2) is 51.4 Å². The maximum Gasteiger partial charge on any atom is 0.336 e. The van der Waals surface area contributed by atoms with E-state index < -0.39 is 5.97 Å². The monoisotopic (exact) mass is 290 g/mol. The molecule has 104 valence electrons. The van der Waals surface area contributed by atoms with Crippen molar-refractivity contribution in [2.75, 3.05) is 0 Å². The lowest BCUT2D eigenvalue weighted by Crippen LogP contribution is -2.21. The zero-order chi connectivity index (χ0) is 14.5. The number of carbonyl (C=O) groups is 1. The van der Waals surface area contributed by atoms with Gasteiger partial charge in [-0.15, -0.1) is 0 Å². The average Bonchev–Trinajstić information content (AvgIpc) is 2.44. The highest BCUT2D eigenvalue weighted by Gasteiger charge is 2.13. The van der Waals surface area contributed by atoms with Crippen molar-refractivity contribution in [1.82, 2.24) is 9.55 Å². The number of aryl methyl sites for hydroxylation is 1. The van der Waals surface area contributed by atoms with Crippen molar-refractivity contribution in [2.24, 2.45) is 0 Å². The maximum atomic E-state index is 12.2. The van der Waals surface area contributed by atoms with E-state index in [0.29, 0.717) is 11.4 Å². The van der Waals surface area contributed by atoms with Crippen LogP contribution < -0.4 is 5.56 Å². The van der Waals surface area contributed by atoms with Crippen LogP contribution in [-0.4, -0.2) is 20.6 Å². The minimum atomic E-state index is -1.02. The molecule has 0 saturated carbocycles. The van der Waals surface area contributed by atoms with Gasteiger partial charge in [-0.25, -0.2) is 9.78 Å². The molecule has 0 radical (unpaired) electrons. The van der Waals surface area contributed by atoms with Crippen molar-refractivity contribution < 1.29 is 9.90 Å². The molecular weight excluding hydrogens is 276 g/mol. The van der Waals surface area contributed by atoms with Crippen LogP contribution in [0.4, 0.5) is 0 Å². The van der Waals surface area contributed by atoms with Crippen molar-refractivity contribution in [1.29, 1.82) is 0 Å². The summed E-state index contributed by atoms with van der Waals surface area (Å²) in [7, 11) is 0. The first-order valence-electron chi connectivity index (χ1n) is 6.19. The first-order valence-corrected chi connectivity index (χ1v) is 7.00. The molecule has 1 aromatic carbocycles. The van der Waals surface area contributed by atoms with Crippen molar-refractivity contribution in [3.63, 3.8) is 0 Å². The van der Waals surface area contributed by atoms with E-state index in [2.05, 4.69) is 4.98 Å². The summed E-state index contributed by atoms with van der Waals surface area (Å²) in [6.07, 6.45) is 4.04. The molecule has 1 N–H and O–H groups in total. The number of aromatic nitrogens is 2. The first-order chi connectivity index (χ1) is 9.63. The standard InChI is InChI=1S/C14H14N2O3S/c1-2-8-16-9-7-15-12(13(16)17)20-11-6-4-3-5-10(11)14(18)19/h3-7,9H,2,8H2,1H3,(H,18,19). The van der Waals surface area contributed by atoms with Gasteiger partial charge in [-0.05, 0) is 18.6 Å². The van der Waals surface area contributed by atoms with E-state index in [1.54, 1.807) is 35.2 Å². The van der Waals surface area contributed by atoms with Crippen LogP contribution in [-0.2, 0) is 6.54 Å². The summed E-state index contributed by atoms with van der Waals surface area (Å²) in [5.74, 6) is -1.02. The molecule has 1 heterocycles. The van der Waals surface area contributed by atoms with Gasteiger partial charge >= 0.3 is 5.97 Å². The Balaban J connectivity index is 2.38. The van der Waals surface area contributed by atoms with Gasteiger partial charge in [0.1, 0.15) is 0 Å². The van der Waals surface area contributed by atoms with E-state index in [1.807, 2.05) is 6.92 Å². The first kappa shape index (κ1) is 14.3. The number of hydrogen-bond acceptors (Lipinski definition) is 4. The summed E-state index contributed by atoms with van der Waals surface area (Å²) in [6, 6.07) is 6.58. The Bertz CT molecular complexity index is 682. The fourth-order valence-corrected chi connectivity index (χ4v) is 2.69. The smallest absolute Gasteiger partial charge is 0.336 e. The highest BCUT2D eigenvalue weighted by atomic mass is 32.2. The normalized spacial score (nSPS) is 10.4. The Morgan fingerprint density at radius 2 is 2.15 bits per heavy atom. The highest BCUT2D eigenvalue weighted by molar-refractivity contribution is 7.99. The molecule has 0 atom stereocenters. The van der Waals surface area contributed by atoms with Crippen molar-refractivity contribution in [2.45, 2.75) is 29.8 Å². The van der Waals surface area contributed by atoms with E-state index in [4.69, 9.17) is 5.11 Å². The third-order valence-electron chi connectivity index (χ3n) is 2.67. The lowest BCUT2D eigenvalue weighted by molar-refractivity contribution is 0.0693. The van der Waals surface area contributed by atoms with Gasteiger partial charge in [-0.1, -0.05) is 30.8 Å². The number of aromatic carboxylic acids is 1. The van der Waals surface area contributed by atoms with E-state index in [1.165, 1.54) is 6.07 Å². The molecule has 1 aromatic heterocycles. The second-order valence-electron chi connectivity index (χ2n) is 4.13. The van der Waals surface area contributed by atoms with Gasteiger partial charge < -0.3 is 9.67 Å². The number of nitrogens with zero attached hydrogens (tertiary/aromatic N) is 2. The largest absolute Gasteiger partial charge is 0.478 e. The average molecular weight is 290 g/mol. The molecule has 6 heteroatoms. The van der Waals surface area contributed by atoms with Gasteiger partial charge in [0.25, 0.3) is 5.56 Å². The number of benzene rings is 1. The summed E-state index contributed by atoms with van der Waals surface area (Å²) in [5.41, 5.74) is -0.0239. The van der Waals surface area contributed by atoms with E-state index in [9.17, 15) is 9.59 Å². The predicted molar refractivity (Wildman–Crippen MR) is 76.3 cm³/mol. The van der Waals surface area contributed by atoms with E-state index in [0.717, 1.165) is 18.2 Å². The minimum Gasteiger partial charge on any atom is -0.478 e. The van der Waals surface area contributed by atoms with Gasteiger partial charge in [-0.2, -0.15) is 0 Å². The Hall–Kier alpha value is -2.08. The van der Waals surface area contributed by atoms with E-state index >= 15 is 0 Å². The molecule has 20 heavy (non-hydrogen) atoms. The molecule has 2 rings (SSSR count). The van der Waals surface area contributed by atoms with Gasteiger partial charge in [0.2, 0.25) is 0 Å². The van der Waals surface area contributed by atoms with Crippen LogP contribution in [0.3, 0.4) is 0 Å². The van der Waals surface area contributed by atoms with E-state index in [-0.39, 0.29) is 16.1 Å². The highest BCUT2D eigenvalue weighted by Crippen LogP contribution is 2.26. The molecule has 5 nitrogen and oxygen atoms in total. The fraction of sp³-hybridized carbons (Fsp3) is 0.214. The second-order valence-corrected chi connectivity index (χ2v) is 5.16. The molecule has 0 aliphatic carbocycles. The molecule has 0 unspecified atom stereocenters. The summed E-state index contributed by atoms with van der Waals surface area (Å²) in [5, 5.41) is 9.42.